The Hall–Kier alpha value is -0.610. The number of carbonyl (C=O) groups is 1. The maximum Gasteiger partial charge on any atom is 0.234 e. The Balaban J connectivity index is 2.30. The van der Waals surface area contributed by atoms with Crippen molar-refractivity contribution in [3.05, 3.63) is 0 Å². The summed E-state index contributed by atoms with van der Waals surface area (Å²) >= 11 is 0. The minimum Gasteiger partial charge on any atom is -0.368 e. The number of hydrogen-bond acceptors (Lipinski definition) is 3. The summed E-state index contributed by atoms with van der Waals surface area (Å²) in [5.41, 5.74) is 5.39. The highest BCUT2D eigenvalue weighted by Gasteiger charge is 2.22. The number of nitrogens with two attached hydrogens (primary N) is 1. The van der Waals surface area contributed by atoms with Gasteiger partial charge in [0.1, 0.15) is 0 Å². The summed E-state index contributed by atoms with van der Waals surface area (Å²) in [6, 6.07) is 0.510. The average Bonchev–Trinajstić information content (AvgIpc) is 2.34. The maximum atomic E-state index is 11.3. The maximum absolute atomic E-state index is 11.3. The molecule has 4 nitrogen and oxygen atoms in total. The van der Waals surface area contributed by atoms with Gasteiger partial charge in [0.2, 0.25) is 5.91 Å². The van der Waals surface area contributed by atoms with Gasteiger partial charge < -0.3 is 16.0 Å². The Morgan fingerprint density at radius 1 is 1.39 bits per heavy atom. The summed E-state index contributed by atoms with van der Waals surface area (Å²) in [4.78, 5) is 13.7. The molecule has 0 aromatic carbocycles. The highest BCUT2D eigenvalue weighted by molar-refractivity contribution is 5.79. The van der Waals surface area contributed by atoms with E-state index in [1.54, 1.807) is 0 Å². The molecule has 0 aromatic heterocycles. The normalized spacial score (nSPS) is 26.2. The molecule has 0 spiro atoms. The fourth-order valence-electron chi connectivity index (χ4n) is 2.79. The molecule has 1 atom stereocenters. The van der Waals surface area contributed by atoms with Gasteiger partial charge in [0.15, 0.2) is 0 Å². The van der Waals surface area contributed by atoms with Crippen LogP contribution >= 0.6 is 0 Å². The summed E-state index contributed by atoms with van der Waals surface area (Å²) in [6.07, 6.45) is 6.06. The second-order valence-corrected chi connectivity index (χ2v) is 5.70. The van der Waals surface area contributed by atoms with Crippen LogP contribution in [0.3, 0.4) is 0 Å². The number of rotatable bonds is 7. The lowest BCUT2D eigenvalue weighted by molar-refractivity contribution is -0.120. The largest absolute Gasteiger partial charge is 0.368 e. The molecule has 3 N–H and O–H groups in total. The summed E-state index contributed by atoms with van der Waals surface area (Å²) in [7, 11) is 2.17. The predicted molar refractivity (Wildman–Crippen MR) is 75.3 cm³/mol. The fourth-order valence-corrected chi connectivity index (χ4v) is 2.79. The molecular formula is C14H29N3O. The van der Waals surface area contributed by atoms with Gasteiger partial charge in [-0.25, -0.2) is 0 Å². The zero-order valence-electron chi connectivity index (χ0n) is 12.1. The highest BCUT2D eigenvalue weighted by Crippen LogP contribution is 2.26. The number of carbonyl (C=O) groups excluding carboxylic acids is 1. The average molecular weight is 255 g/mol. The molecule has 1 saturated carbocycles. The quantitative estimate of drug-likeness (QED) is 0.722. The van der Waals surface area contributed by atoms with Crippen LogP contribution in [-0.2, 0) is 4.79 Å². The molecule has 0 heterocycles. The van der Waals surface area contributed by atoms with Crippen LogP contribution in [0.2, 0.25) is 0 Å². The molecule has 0 radical (unpaired) electrons. The first-order valence-electron chi connectivity index (χ1n) is 7.27. The number of amides is 1. The van der Waals surface area contributed by atoms with Gasteiger partial charge in [-0.15, -0.1) is 0 Å². The summed E-state index contributed by atoms with van der Waals surface area (Å²) < 4.78 is 0. The van der Waals surface area contributed by atoms with E-state index in [2.05, 4.69) is 24.2 Å². The van der Waals surface area contributed by atoms with Gasteiger partial charge in [-0.3, -0.25) is 4.79 Å². The Labute approximate surface area is 111 Å². The van der Waals surface area contributed by atoms with E-state index in [0.29, 0.717) is 6.04 Å². The van der Waals surface area contributed by atoms with Gasteiger partial charge in [0.05, 0.1) is 6.04 Å². The van der Waals surface area contributed by atoms with Crippen molar-refractivity contribution in [1.82, 2.24) is 10.2 Å². The fraction of sp³-hybridized carbons (Fsp3) is 0.929. The molecule has 1 aliphatic rings. The molecule has 1 fully saturated rings. The summed E-state index contributed by atoms with van der Waals surface area (Å²) in [5, 5.41) is 3.15. The van der Waals surface area contributed by atoms with Crippen LogP contribution in [-0.4, -0.2) is 43.0 Å². The SMILES string of the molecule is CCNC(CCN(C)C1CCC(C)CC1)C(N)=O. The standard InChI is InChI=1S/C14H29N3O/c1-4-16-13(14(15)18)9-10-17(3)12-7-5-11(2)6-8-12/h11-13,16H,4-10H2,1-3H3,(H2,15,18). The van der Waals surface area contributed by atoms with Gasteiger partial charge in [0, 0.05) is 12.6 Å². The van der Waals surface area contributed by atoms with E-state index < -0.39 is 0 Å². The molecule has 0 bridgehead atoms. The van der Waals surface area contributed by atoms with Crippen LogP contribution < -0.4 is 11.1 Å². The first kappa shape index (κ1) is 15.4. The number of nitrogens with one attached hydrogen (secondary N) is 1. The molecule has 1 rings (SSSR count). The van der Waals surface area contributed by atoms with E-state index >= 15 is 0 Å². The van der Waals surface area contributed by atoms with Crippen molar-refractivity contribution in [2.45, 2.75) is 58.0 Å². The second-order valence-electron chi connectivity index (χ2n) is 5.70. The van der Waals surface area contributed by atoms with Crippen molar-refractivity contribution < 1.29 is 4.79 Å². The Morgan fingerprint density at radius 3 is 2.50 bits per heavy atom. The third kappa shape index (κ3) is 4.94. The monoisotopic (exact) mass is 255 g/mol. The van der Waals surface area contributed by atoms with E-state index in [-0.39, 0.29) is 11.9 Å². The van der Waals surface area contributed by atoms with E-state index in [1.165, 1.54) is 25.7 Å². The molecule has 1 unspecified atom stereocenters. The van der Waals surface area contributed by atoms with Crippen LogP contribution in [0.5, 0.6) is 0 Å². The molecule has 18 heavy (non-hydrogen) atoms. The number of nitrogens with zero attached hydrogens (tertiary/aromatic N) is 1. The van der Waals surface area contributed by atoms with Crippen LogP contribution in [0.15, 0.2) is 0 Å². The van der Waals surface area contributed by atoms with Gasteiger partial charge in [-0.1, -0.05) is 13.8 Å². The first-order chi connectivity index (χ1) is 8.54. The second kappa shape index (κ2) is 7.74. The smallest absolute Gasteiger partial charge is 0.234 e. The van der Waals surface area contributed by atoms with E-state index in [1.807, 2.05) is 6.92 Å². The van der Waals surface area contributed by atoms with Crippen molar-refractivity contribution in [1.29, 1.82) is 0 Å². The highest BCUT2D eigenvalue weighted by atomic mass is 16.1. The predicted octanol–water partition coefficient (Wildman–Crippen LogP) is 1.35. The molecule has 0 saturated heterocycles. The molecule has 4 heteroatoms. The Kier molecular flexibility index (Phi) is 6.65. The third-order valence-electron chi connectivity index (χ3n) is 4.17. The molecule has 1 amide bonds. The van der Waals surface area contributed by atoms with Gasteiger partial charge in [0.25, 0.3) is 0 Å². The molecule has 0 aromatic rings. The van der Waals surface area contributed by atoms with Crippen molar-refractivity contribution in [2.24, 2.45) is 11.7 Å². The van der Waals surface area contributed by atoms with Crippen LogP contribution in [0.1, 0.15) is 46.0 Å². The van der Waals surface area contributed by atoms with E-state index in [0.717, 1.165) is 25.4 Å². The number of primary amides is 1. The van der Waals surface area contributed by atoms with E-state index in [9.17, 15) is 4.79 Å². The van der Waals surface area contributed by atoms with Crippen LogP contribution in [0.25, 0.3) is 0 Å². The van der Waals surface area contributed by atoms with Gasteiger partial charge in [-0.2, -0.15) is 0 Å². The third-order valence-corrected chi connectivity index (χ3v) is 4.17. The number of likely N-dealkylation sites (N-methyl/N-ethyl adjacent to an activating group) is 1. The van der Waals surface area contributed by atoms with Crippen molar-refractivity contribution in [3.8, 4) is 0 Å². The van der Waals surface area contributed by atoms with Crippen molar-refractivity contribution >= 4 is 5.91 Å². The van der Waals surface area contributed by atoms with Crippen LogP contribution in [0.4, 0.5) is 0 Å². The van der Waals surface area contributed by atoms with Gasteiger partial charge in [-0.05, 0) is 51.6 Å². The van der Waals surface area contributed by atoms with E-state index in [4.69, 9.17) is 5.73 Å². The molecule has 106 valence electrons. The lowest BCUT2D eigenvalue weighted by atomic mass is 9.86. The van der Waals surface area contributed by atoms with Crippen LogP contribution in [0, 0.1) is 5.92 Å². The van der Waals surface area contributed by atoms with Gasteiger partial charge >= 0.3 is 0 Å². The zero-order chi connectivity index (χ0) is 13.5. The van der Waals surface area contributed by atoms with Crippen molar-refractivity contribution in [3.63, 3.8) is 0 Å². The van der Waals surface area contributed by atoms with Crippen molar-refractivity contribution in [2.75, 3.05) is 20.1 Å². The molecule has 0 aliphatic heterocycles. The summed E-state index contributed by atoms with van der Waals surface area (Å²) in [5.74, 6) is 0.650. The lowest BCUT2D eigenvalue weighted by Crippen LogP contribution is -2.44. The Bertz CT molecular complexity index is 249. The minimum atomic E-state index is -0.234. The Morgan fingerprint density at radius 2 is 2.00 bits per heavy atom. The minimum absolute atomic E-state index is 0.181. The molecular weight excluding hydrogens is 226 g/mol. The number of hydrogen-bond donors (Lipinski definition) is 2. The summed E-state index contributed by atoms with van der Waals surface area (Å²) in [6.45, 7) is 6.07. The first-order valence-corrected chi connectivity index (χ1v) is 7.27. The topological polar surface area (TPSA) is 58.4 Å². The molecule has 1 aliphatic carbocycles. The zero-order valence-corrected chi connectivity index (χ0v) is 12.1. The lowest BCUT2D eigenvalue weighted by Gasteiger charge is -2.34.